The molecule has 0 amide bonds. The van der Waals surface area contributed by atoms with Gasteiger partial charge in [0.15, 0.2) is 0 Å². The van der Waals surface area contributed by atoms with E-state index in [0.717, 1.165) is 0 Å². The predicted octanol–water partition coefficient (Wildman–Crippen LogP) is -0.196. The molecule has 0 radical (unpaired) electrons. The summed E-state index contributed by atoms with van der Waals surface area (Å²) in [5, 5.41) is 0. The second kappa shape index (κ2) is 2.76. The van der Waals surface area contributed by atoms with Crippen LogP contribution in [0.1, 0.15) is 0 Å². The third-order valence-corrected chi connectivity index (χ3v) is 0. The maximum Gasteiger partial charge on any atom is -0.0149 e. The van der Waals surface area contributed by atoms with Crippen molar-refractivity contribution in [1.82, 2.24) is 0 Å². The second-order valence-electron chi connectivity index (χ2n) is 3.00. The Morgan fingerprint density at radius 2 is 0.833 bits per heavy atom. The van der Waals surface area contributed by atoms with Gasteiger partial charge in [-0.3, -0.25) is 0 Å². The fourth-order valence-electron chi connectivity index (χ4n) is 0. The Bertz CT molecular complexity index is 23.0. The van der Waals surface area contributed by atoms with Gasteiger partial charge in [-0.15, -0.1) is 0 Å². The first-order valence-electron chi connectivity index (χ1n) is 2.00. The summed E-state index contributed by atoms with van der Waals surface area (Å²) in [4.78, 5) is 0. The molecule has 0 heterocycles. The average molecular weight is 124 g/mol. The first-order valence-corrected chi connectivity index (χ1v) is 6.00. The summed E-state index contributed by atoms with van der Waals surface area (Å²) in [6, 6.07) is 0. The molecule has 0 fully saturated rings. The molecule has 0 nitrogen and oxygen atoms in total. The Balaban J connectivity index is 0. The molecule has 0 aromatic carbocycles. The SMILES string of the molecule is C[PH](C)(C)C.[SiH4]. The summed E-state index contributed by atoms with van der Waals surface area (Å²) >= 11 is 0. The maximum atomic E-state index is 2.33. The van der Waals surface area contributed by atoms with Crippen LogP contribution in [0.25, 0.3) is 0 Å². The molecule has 0 unspecified atom stereocenters. The van der Waals surface area contributed by atoms with Crippen molar-refractivity contribution in [2.45, 2.75) is 0 Å². The molecule has 0 atom stereocenters. The van der Waals surface area contributed by atoms with E-state index in [-0.39, 0.29) is 11.0 Å². The summed E-state index contributed by atoms with van der Waals surface area (Å²) in [7, 11) is -0.611. The third-order valence-electron chi connectivity index (χ3n) is 0. The standard InChI is InChI=1S/C4H13P.H4Si/c1-5(2,3)4;/h5H,1-4H3;1H4. The van der Waals surface area contributed by atoms with Gasteiger partial charge in [-0.2, -0.15) is 0 Å². The zero-order chi connectivity index (χ0) is 4.50. The van der Waals surface area contributed by atoms with Crippen LogP contribution >= 0.6 is 7.26 Å². The zero-order valence-electron chi connectivity index (χ0n) is 4.50. The Hall–Kier alpha value is 0.647. The minimum absolute atomic E-state index is 0. The van der Waals surface area contributed by atoms with Gasteiger partial charge in [-0.05, 0) is 11.0 Å². The quantitative estimate of drug-likeness (QED) is 0.310. The average Bonchev–Trinajstić information content (AvgIpc) is 0.722. The number of hydrogen-bond acceptors (Lipinski definition) is 0. The first kappa shape index (κ1) is 9.82. The minimum Gasteiger partial charge on any atom is -0.0149 e. The summed E-state index contributed by atoms with van der Waals surface area (Å²) < 4.78 is 0. The van der Waals surface area contributed by atoms with Crippen LogP contribution in [0.5, 0.6) is 0 Å². The van der Waals surface area contributed by atoms with E-state index in [0.29, 0.717) is 0 Å². The van der Waals surface area contributed by atoms with Crippen LogP contribution in [0.15, 0.2) is 0 Å². The van der Waals surface area contributed by atoms with E-state index in [1.807, 2.05) is 0 Å². The van der Waals surface area contributed by atoms with Gasteiger partial charge in [0.05, 0.1) is 0 Å². The predicted molar refractivity (Wildman–Crippen MR) is 43.3 cm³/mol. The fourth-order valence-corrected chi connectivity index (χ4v) is 0. The number of rotatable bonds is 0. The molecule has 0 aliphatic carbocycles. The van der Waals surface area contributed by atoms with Crippen LogP contribution in [-0.4, -0.2) is 37.6 Å². The van der Waals surface area contributed by atoms with Gasteiger partial charge < -0.3 is 0 Å². The second-order valence-corrected chi connectivity index (χ2v) is 9.00. The van der Waals surface area contributed by atoms with Gasteiger partial charge in [0, 0.05) is 0 Å². The van der Waals surface area contributed by atoms with Crippen molar-refractivity contribution in [3.8, 4) is 0 Å². The maximum absolute atomic E-state index is 2.33. The molecule has 0 bridgehead atoms. The molecule has 2 heteroatoms. The van der Waals surface area contributed by atoms with Crippen LogP contribution < -0.4 is 0 Å². The van der Waals surface area contributed by atoms with Crippen LogP contribution in [0.3, 0.4) is 0 Å². The van der Waals surface area contributed by atoms with E-state index in [9.17, 15) is 0 Å². The van der Waals surface area contributed by atoms with Gasteiger partial charge in [0.1, 0.15) is 0 Å². The van der Waals surface area contributed by atoms with Gasteiger partial charge in [-0.1, -0.05) is 0 Å². The molecule has 0 aromatic rings. The fraction of sp³-hybridized carbons (Fsp3) is 1.00. The van der Waals surface area contributed by atoms with Crippen molar-refractivity contribution >= 4 is 18.2 Å². The van der Waals surface area contributed by atoms with Crippen molar-refractivity contribution in [2.75, 3.05) is 26.7 Å². The van der Waals surface area contributed by atoms with E-state index >= 15 is 0 Å². The molecule has 0 aliphatic heterocycles. The molecule has 0 saturated heterocycles. The van der Waals surface area contributed by atoms with Gasteiger partial charge >= 0.3 is 33.9 Å². The van der Waals surface area contributed by atoms with Gasteiger partial charge in [0.2, 0.25) is 0 Å². The molecule has 0 aromatic heterocycles. The first-order chi connectivity index (χ1) is 2.00. The van der Waals surface area contributed by atoms with E-state index < -0.39 is 7.26 Å². The molecule has 0 N–H and O–H groups in total. The Kier molecular flexibility index (Phi) is 4.51. The third kappa shape index (κ3) is 148. The van der Waals surface area contributed by atoms with Crippen molar-refractivity contribution in [2.24, 2.45) is 0 Å². The van der Waals surface area contributed by atoms with Crippen LogP contribution in [0.2, 0.25) is 0 Å². The molecule has 0 rings (SSSR count). The Morgan fingerprint density at radius 1 is 0.833 bits per heavy atom. The van der Waals surface area contributed by atoms with E-state index in [2.05, 4.69) is 26.7 Å². The Labute approximate surface area is 45.7 Å². The molecule has 42 valence electrons. The molecular formula is C4H17PSi. The van der Waals surface area contributed by atoms with E-state index in [1.165, 1.54) is 0 Å². The molecule has 6 heavy (non-hydrogen) atoms. The van der Waals surface area contributed by atoms with Gasteiger partial charge in [0.25, 0.3) is 0 Å². The summed E-state index contributed by atoms with van der Waals surface area (Å²) in [5.41, 5.74) is 0. The largest absolute Gasteiger partial charge is 0.0149 e. The van der Waals surface area contributed by atoms with E-state index in [4.69, 9.17) is 0 Å². The van der Waals surface area contributed by atoms with Crippen LogP contribution in [0.4, 0.5) is 0 Å². The van der Waals surface area contributed by atoms with Crippen molar-refractivity contribution < 1.29 is 0 Å². The van der Waals surface area contributed by atoms with Crippen molar-refractivity contribution in [3.05, 3.63) is 0 Å². The summed E-state index contributed by atoms with van der Waals surface area (Å²) in [6.07, 6.45) is 0. The summed E-state index contributed by atoms with van der Waals surface area (Å²) in [5.74, 6) is 0. The Morgan fingerprint density at radius 3 is 0.833 bits per heavy atom. The van der Waals surface area contributed by atoms with Gasteiger partial charge in [-0.25, -0.2) is 0 Å². The molecule has 0 spiro atoms. The smallest absolute Gasteiger partial charge is 0.0149 e. The zero-order valence-corrected chi connectivity index (χ0v) is 5.50. The topological polar surface area (TPSA) is 0 Å². The molecular weight excluding hydrogens is 107 g/mol. The minimum atomic E-state index is -0.611. The van der Waals surface area contributed by atoms with Crippen molar-refractivity contribution in [1.29, 1.82) is 0 Å². The number of hydrogen-bond donors (Lipinski definition) is 0. The molecule has 0 saturated carbocycles. The molecule has 0 aliphatic rings. The summed E-state index contributed by atoms with van der Waals surface area (Å²) in [6.45, 7) is 9.31. The van der Waals surface area contributed by atoms with Crippen LogP contribution in [0, 0.1) is 0 Å². The van der Waals surface area contributed by atoms with Crippen molar-refractivity contribution in [3.63, 3.8) is 0 Å². The monoisotopic (exact) mass is 124 g/mol. The van der Waals surface area contributed by atoms with Crippen LogP contribution in [-0.2, 0) is 0 Å². The normalized spacial score (nSPS) is 12.7. The van der Waals surface area contributed by atoms with E-state index in [1.54, 1.807) is 0 Å².